The number of rotatable bonds is 7. The van der Waals surface area contributed by atoms with Crippen molar-refractivity contribution in [1.29, 1.82) is 0 Å². The molecule has 0 unspecified atom stereocenters. The lowest BCUT2D eigenvalue weighted by Crippen LogP contribution is -2.19. The summed E-state index contributed by atoms with van der Waals surface area (Å²) in [6, 6.07) is 6.47. The van der Waals surface area contributed by atoms with Crippen LogP contribution in [-0.4, -0.2) is 21.1 Å². The van der Waals surface area contributed by atoms with Gasteiger partial charge in [0.25, 0.3) is 0 Å². The predicted molar refractivity (Wildman–Crippen MR) is 107 cm³/mol. The van der Waals surface area contributed by atoms with Crippen molar-refractivity contribution >= 4 is 18.1 Å². The van der Waals surface area contributed by atoms with Crippen LogP contribution in [0, 0.1) is 20.8 Å². The first-order valence-corrected chi connectivity index (χ1v) is 8.76. The van der Waals surface area contributed by atoms with Crippen LogP contribution in [0.2, 0.25) is 0 Å². The first kappa shape index (κ1) is 20.4. The van der Waals surface area contributed by atoms with Gasteiger partial charge in [0, 0.05) is 18.4 Å². The number of nitrogens with zero attached hydrogens (tertiary/aromatic N) is 3. The molecule has 5 nitrogen and oxygen atoms in total. The van der Waals surface area contributed by atoms with E-state index >= 15 is 0 Å². The zero-order chi connectivity index (χ0) is 17.8. The van der Waals surface area contributed by atoms with Crippen LogP contribution in [0.5, 0.6) is 0 Å². The maximum absolute atomic E-state index is 5.74. The largest absolute Gasteiger partial charge is 0.360 e. The Labute approximate surface area is 161 Å². The number of nitrogens with one attached hydrogen (secondary N) is 1. The smallest absolute Gasteiger partial charge is 0.155 e. The van der Waals surface area contributed by atoms with E-state index in [-0.39, 0.29) is 12.4 Å². The Morgan fingerprint density at radius 2 is 2.00 bits per heavy atom. The minimum absolute atomic E-state index is 0. The molecular formula is C20H27ClN4O. The third-order valence-electron chi connectivity index (χ3n) is 4.68. The van der Waals surface area contributed by atoms with Crippen LogP contribution in [0.4, 0.5) is 0 Å². The van der Waals surface area contributed by atoms with Gasteiger partial charge in [-0.2, -0.15) is 0 Å². The van der Waals surface area contributed by atoms with E-state index in [1.165, 1.54) is 16.7 Å². The molecule has 0 aliphatic rings. The van der Waals surface area contributed by atoms with E-state index in [4.69, 9.17) is 4.74 Å². The van der Waals surface area contributed by atoms with Crippen molar-refractivity contribution in [3.8, 4) is 0 Å². The van der Waals surface area contributed by atoms with Gasteiger partial charge in [-0.15, -0.1) is 12.4 Å². The van der Waals surface area contributed by atoms with Gasteiger partial charge in [0.1, 0.15) is 0 Å². The van der Waals surface area contributed by atoms with Crippen molar-refractivity contribution in [3.05, 3.63) is 64.4 Å². The van der Waals surface area contributed by atoms with E-state index in [2.05, 4.69) is 58.7 Å². The summed E-state index contributed by atoms with van der Waals surface area (Å²) in [6.07, 6.45) is 4.85. The molecule has 0 bridgehead atoms. The zero-order valence-corrected chi connectivity index (χ0v) is 16.7. The highest BCUT2D eigenvalue weighted by molar-refractivity contribution is 5.85. The van der Waals surface area contributed by atoms with Gasteiger partial charge in [-0.1, -0.05) is 25.1 Å². The summed E-state index contributed by atoms with van der Waals surface area (Å²) < 4.78 is 7.81. The molecule has 1 N–H and O–H groups in total. The minimum Gasteiger partial charge on any atom is -0.360 e. The van der Waals surface area contributed by atoms with E-state index in [9.17, 15) is 0 Å². The van der Waals surface area contributed by atoms with Crippen LogP contribution in [0.3, 0.4) is 0 Å². The van der Waals surface area contributed by atoms with Crippen molar-refractivity contribution in [3.63, 3.8) is 0 Å². The molecule has 3 rings (SSSR count). The van der Waals surface area contributed by atoms with Crippen LogP contribution in [0.15, 0.2) is 30.6 Å². The van der Waals surface area contributed by atoms with Crippen molar-refractivity contribution in [2.45, 2.75) is 47.3 Å². The molecule has 0 radical (unpaired) electrons. The van der Waals surface area contributed by atoms with Crippen molar-refractivity contribution in [1.82, 2.24) is 19.7 Å². The quantitative estimate of drug-likeness (QED) is 0.503. The van der Waals surface area contributed by atoms with E-state index in [1.54, 1.807) is 6.20 Å². The van der Waals surface area contributed by atoms with Crippen LogP contribution < -0.4 is 5.32 Å². The summed E-state index contributed by atoms with van der Waals surface area (Å²) in [5, 5.41) is 3.37. The average Bonchev–Trinajstić information content (AvgIpc) is 2.90. The van der Waals surface area contributed by atoms with Gasteiger partial charge >= 0.3 is 0 Å². The Kier molecular flexibility index (Phi) is 7.14. The Morgan fingerprint density at radius 1 is 1.19 bits per heavy atom. The number of benzene rings is 1. The van der Waals surface area contributed by atoms with Crippen molar-refractivity contribution in [2.24, 2.45) is 0 Å². The van der Waals surface area contributed by atoms with Gasteiger partial charge in [-0.05, 0) is 43.9 Å². The molecule has 0 fully saturated rings. The lowest BCUT2D eigenvalue weighted by atomic mass is 10.0. The average molecular weight is 375 g/mol. The molecule has 2 heterocycles. The van der Waals surface area contributed by atoms with Gasteiger partial charge in [-0.3, -0.25) is 10.3 Å². The highest BCUT2D eigenvalue weighted by Gasteiger charge is 2.06. The molecule has 1 aromatic carbocycles. The molecule has 0 amide bonds. The Morgan fingerprint density at radius 3 is 2.77 bits per heavy atom. The Bertz CT molecular complexity index is 876. The summed E-state index contributed by atoms with van der Waals surface area (Å²) in [6.45, 7) is 10.2. The van der Waals surface area contributed by atoms with Gasteiger partial charge in [0.05, 0.1) is 30.9 Å². The molecule has 26 heavy (non-hydrogen) atoms. The third-order valence-corrected chi connectivity index (χ3v) is 4.68. The fourth-order valence-corrected chi connectivity index (χ4v) is 3.06. The molecular weight excluding hydrogens is 348 g/mol. The maximum Gasteiger partial charge on any atom is 0.155 e. The number of ether oxygens (including phenoxy) is 1. The van der Waals surface area contributed by atoms with Crippen molar-refractivity contribution < 1.29 is 4.74 Å². The second-order valence-corrected chi connectivity index (χ2v) is 6.38. The molecule has 0 spiro atoms. The fraction of sp³-hybridized carbons (Fsp3) is 0.400. The van der Waals surface area contributed by atoms with E-state index in [0.29, 0.717) is 13.3 Å². The van der Waals surface area contributed by atoms with E-state index < -0.39 is 0 Å². The minimum atomic E-state index is 0. The molecule has 140 valence electrons. The number of hydrogen-bond donors (Lipinski definition) is 1. The topological polar surface area (TPSA) is 51.5 Å². The summed E-state index contributed by atoms with van der Waals surface area (Å²) >= 11 is 0. The van der Waals surface area contributed by atoms with E-state index in [1.807, 2.05) is 13.1 Å². The third kappa shape index (κ3) is 4.41. The van der Waals surface area contributed by atoms with Crippen molar-refractivity contribution in [2.75, 3.05) is 6.73 Å². The van der Waals surface area contributed by atoms with Crippen LogP contribution in [0.1, 0.15) is 40.7 Å². The van der Waals surface area contributed by atoms with Gasteiger partial charge in [-0.25, -0.2) is 4.98 Å². The summed E-state index contributed by atoms with van der Waals surface area (Å²) in [7, 11) is 0. The number of imidazole rings is 1. The maximum atomic E-state index is 5.74. The highest BCUT2D eigenvalue weighted by Crippen LogP contribution is 2.14. The zero-order valence-electron chi connectivity index (χ0n) is 15.9. The van der Waals surface area contributed by atoms with Crippen LogP contribution in [-0.2, 0) is 24.3 Å². The first-order valence-electron chi connectivity index (χ1n) is 8.76. The molecule has 2 aromatic heterocycles. The molecule has 0 saturated heterocycles. The second kappa shape index (κ2) is 9.12. The predicted octanol–water partition coefficient (Wildman–Crippen LogP) is 3.90. The van der Waals surface area contributed by atoms with Gasteiger partial charge < -0.3 is 9.14 Å². The Balaban J connectivity index is 0.00000243. The van der Waals surface area contributed by atoms with E-state index in [0.717, 1.165) is 35.7 Å². The number of fused-ring (bicyclic) bond motifs is 1. The Hall–Kier alpha value is -1.95. The number of hydrogen-bond acceptors (Lipinski definition) is 4. The standard InChI is InChI=1S/C20H26N4O.ClH/c1-5-17-8-6-7-14(2)19(17)9-21-13-25-12-18-11-24-16(4)15(3)23-20(24)10-22-18;/h6-8,10-11,21H,5,9,12-13H2,1-4H3;1H. The lowest BCUT2D eigenvalue weighted by Gasteiger charge is -2.12. The lowest BCUT2D eigenvalue weighted by molar-refractivity contribution is 0.0997. The fourth-order valence-electron chi connectivity index (χ4n) is 3.06. The van der Waals surface area contributed by atoms with Gasteiger partial charge in [0.2, 0.25) is 0 Å². The second-order valence-electron chi connectivity index (χ2n) is 6.38. The first-order chi connectivity index (χ1) is 12.1. The molecule has 0 saturated carbocycles. The number of halogens is 1. The van der Waals surface area contributed by atoms with Crippen LogP contribution in [0.25, 0.3) is 5.65 Å². The normalized spacial score (nSPS) is 10.9. The summed E-state index contributed by atoms with van der Waals surface area (Å²) in [4.78, 5) is 8.89. The SMILES string of the molecule is CCc1cccc(C)c1CNCOCc1cn2c(C)c(C)nc2cn1.Cl. The number of aromatic nitrogens is 3. The molecule has 3 aromatic rings. The molecule has 0 atom stereocenters. The molecule has 0 aliphatic carbocycles. The monoisotopic (exact) mass is 374 g/mol. The van der Waals surface area contributed by atoms with Gasteiger partial charge in [0.15, 0.2) is 5.65 Å². The number of aryl methyl sites for hydroxylation is 4. The summed E-state index contributed by atoms with van der Waals surface area (Å²) in [5.41, 5.74) is 8.05. The molecule has 6 heteroatoms. The van der Waals surface area contributed by atoms with Crippen LogP contribution >= 0.6 is 12.4 Å². The summed E-state index contributed by atoms with van der Waals surface area (Å²) in [5.74, 6) is 0. The molecule has 0 aliphatic heterocycles. The highest BCUT2D eigenvalue weighted by atomic mass is 35.5.